The molecule has 1 atom stereocenters. The molecule has 1 aromatic heterocycles. The summed E-state index contributed by atoms with van der Waals surface area (Å²) in [6.07, 6.45) is 7.01. The van der Waals surface area contributed by atoms with Gasteiger partial charge in [-0.25, -0.2) is 0 Å². The number of aryl methyl sites for hydroxylation is 1. The lowest BCUT2D eigenvalue weighted by Gasteiger charge is -2.09. The van der Waals surface area contributed by atoms with E-state index < -0.39 is 0 Å². The van der Waals surface area contributed by atoms with Crippen molar-refractivity contribution in [3.63, 3.8) is 0 Å². The van der Waals surface area contributed by atoms with Crippen molar-refractivity contribution in [1.29, 1.82) is 5.41 Å². The van der Waals surface area contributed by atoms with Gasteiger partial charge in [0.2, 0.25) is 0 Å². The molecule has 0 bridgehead atoms. The number of pyridine rings is 1. The van der Waals surface area contributed by atoms with Crippen molar-refractivity contribution in [1.82, 2.24) is 4.98 Å². The molecular formula is C19H17N3. The molecule has 0 fully saturated rings. The van der Waals surface area contributed by atoms with Crippen molar-refractivity contribution >= 4 is 11.9 Å². The van der Waals surface area contributed by atoms with Crippen LogP contribution in [-0.4, -0.2) is 23.0 Å². The molecule has 0 amide bonds. The molecule has 0 aliphatic carbocycles. The Balaban J connectivity index is 2.05. The molecule has 1 aromatic carbocycles. The maximum atomic E-state index is 7.30. The number of rotatable bonds is 4. The highest BCUT2D eigenvalue weighted by Crippen LogP contribution is 2.25. The first-order valence-electron chi connectivity index (χ1n) is 7.17. The quantitative estimate of drug-likeness (QED) is 0.849. The van der Waals surface area contributed by atoms with Crippen molar-refractivity contribution in [2.45, 2.75) is 13.0 Å². The highest BCUT2D eigenvalue weighted by molar-refractivity contribution is 6.13. The van der Waals surface area contributed by atoms with Gasteiger partial charge in [0.1, 0.15) is 0 Å². The van der Waals surface area contributed by atoms with Gasteiger partial charge < -0.3 is 5.41 Å². The lowest BCUT2D eigenvalue weighted by Crippen LogP contribution is -2.04. The van der Waals surface area contributed by atoms with Gasteiger partial charge in [0.25, 0.3) is 0 Å². The van der Waals surface area contributed by atoms with E-state index in [1.807, 2.05) is 30.4 Å². The van der Waals surface area contributed by atoms with E-state index in [0.29, 0.717) is 5.57 Å². The highest BCUT2D eigenvalue weighted by atomic mass is 14.8. The lowest BCUT2D eigenvalue weighted by molar-refractivity contribution is 1.02. The van der Waals surface area contributed by atoms with Gasteiger partial charge in [0, 0.05) is 23.5 Å². The Hall–Kier alpha value is -2.81. The minimum atomic E-state index is -0.141. The van der Waals surface area contributed by atoms with Crippen molar-refractivity contribution in [2.24, 2.45) is 4.99 Å². The molecule has 1 aliphatic rings. The molecule has 22 heavy (non-hydrogen) atoms. The highest BCUT2D eigenvalue weighted by Gasteiger charge is 2.17. The first kappa shape index (κ1) is 14.1. The van der Waals surface area contributed by atoms with E-state index in [1.54, 1.807) is 6.20 Å². The number of hydrogen-bond donors (Lipinski definition) is 1. The zero-order valence-electron chi connectivity index (χ0n) is 12.5. The molecule has 2 aromatic rings. The molecule has 0 radical (unpaired) electrons. The van der Waals surface area contributed by atoms with Gasteiger partial charge in [-0.05, 0) is 36.8 Å². The fourth-order valence-electron chi connectivity index (χ4n) is 2.50. The Bertz CT molecular complexity index is 800. The Morgan fingerprint density at radius 2 is 2.14 bits per heavy atom. The molecule has 3 heteroatoms. The fraction of sp³-hybridized carbons (Fsp3) is 0.105. The van der Waals surface area contributed by atoms with Crippen LogP contribution in [0.15, 0.2) is 71.9 Å². The van der Waals surface area contributed by atoms with E-state index in [1.165, 1.54) is 11.8 Å². The molecule has 1 unspecified atom stereocenters. The third-order valence-electron chi connectivity index (χ3n) is 3.66. The summed E-state index contributed by atoms with van der Waals surface area (Å²) in [5, 5.41) is 7.30. The number of allylic oxidation sites excluding steroid dienone is 1. The second kappa shape index (κ2) is 5.90. The summed E-state index contributed by atoms with van der Waals surface area (Å²) in [5.41, 5.74) is 5.79. The van der Waals surface area contributed by atoms with Crippen molar-refractivity contribution < 1.29 is 0 Å². The van der Waals surface area contributed by atoms with Crippen LogP contribution in [0, 0.1) is 12.3 Å². The van der Waals surface area contributed by atoms with E-state index in [0.717, 1.165) is 22.5 Å². The van der Waals surface area contributed by atoms with Gasteiger partial charge in [0.15, 0.2) is 0 Å². The van der Waals surface area contributed by atoms with Gasteiger partial charge in [-0.1, -0.05) is 36.4 Å². The first-order valence-corrected chi connectivity index (χ1v) is 7.17. The van der Waals surface area contributed by atoms with Crippen LogP contribution < -0.4 is 0 Å². The average Bonchev–Trinajstić information content (AvgIpc) is 3.04. The predicted molar refractivity (Wildman–Crippen MR) is 91.8 cm³/mol. The van der Waals surface area contributed by atoms with Gasteiger partial charge in [-0.2, -0.15) is 0 Å². The van der Waals surface area contributed by atoms with Crippen LogP contribution in [-0.2, 0) is 0 Å². The summed E-state index contributed by atoms with van der Waals surface area (Å²) >= 11 is 0. The summed E-state index contributed by atoms with van der Waals surface area (Å²) in [6, 6.07) is 12.1. The maximum Gasteiger partial charge on any atom is 0.0950 e. The standard InChI is InChI=1S/C19H17N3/c1-13-5-3-6-15(11-13)19-16(7-4-10-21-19)18-9-8-17(22-18)14(2)12-20/h3-12,17,20H,2H2,1H3. The Labute approximate surface area is 130 Å². The van der Waals surface area contributed by atoms with E-state index in [4.69, 9.17) is 5.41 Å². The number of benzene rings is 1. The van der Waals surface area contributed by atoms with Crippen molar-refractivity contribution in [3.8, 4) is 11.3 Å². The average molecular weight is 287 g/mol. The summed E-state index contributed by atoms with van der Waals surface area (Å²) in [4.78, 5) is 9.20. The molecule has 3 rings (SSSR count). The molecule has 1 N–H and O–H groups in total. The normalized spacial score (nSPS) is 16.4. The van der Waals surface area contributed by atoms with E-state index >= 15 is 0 Å². The van der Waals surface area contributed by atoms with E-state index in [9.17, 15) is 0 Å². The zero-order chi connectivity index (χ0) is 15.5. The molecule has 3 nitrogen and oxygen atoms in total. The maximum absolute atomic E-state index is 7.30. The van der Waals surface area contributed by atoms with Gasteiger partial charge >= 0.3 is 0 Å². The van der Waals surface area contributed by atoms with E-state index in [-0.39, 0.29) is 6.04 Å². The first-order chi connectivity index (χ1) is 10.7. The van der Waals surface area contributed by atoms with Crippen molar-refractivity contribution in [3.05, 3.63) is 78.0 Å². The summed E-state index contributed by atoms with van der Waals surface area (Å²) in [7, 11) is 0. The largest absolute Gasteiger partial charge is 0.308 e. The second-order valence-electron chi connectivity index (χ2n) is 5.31. The number of aliphatic imine (C=N–C) groups is 1. The molecule has 1 aliphatic heterocycles. The van der Waals surface area contributed by atoms with Crippen LogP contribution in [0.2, 0.25) is 0 Å². The summed E-state index contributed by atoms with van der Waals surface area (Å²) in [6.45, 7) is 5.93. The van der Waals surface area contributed by atoms with E-state index in [2.05, 4.69) is 41.7 Å². The van der Waals surface area contributed by atoms with Crippen LogP contribution in [0.25, 0.3) is 11.3 Å². The lowest BCUT2D eigenvalue weighted by atomic mass is 10.0. The van der Waals surface area contributed by atoms with Crippen LogP contribution in [0.1, 0.15) is 11.1 Å². The number of hydrogen-bond acceptors (Lipinski definition) is 3. The molecular weight excluding hydrogens is 270 g/mol. The van der Waals surface area contributed by atoms with Gasteiger partial charge in [-0.3, -0.25) is 9.98 Å². The summed E-state index contributed by atoms with van der Waals surface area (Å²) in [5.74, 6) is 0. The monoisotopic (exact) mass is 287 g/mol. The topological polar surface area (TPSA) is 49.1 Å². The fourth-order valence-corrected chi connectivity index (χ4v) is 2.50. The Morgan fingerprint density at radius 3 is 2.91 bits per heavy atom. The zero-order valence-corrected chi connectivity index (χ0v) is 12.5. The van der Waals surface area contributed by atoms with Crippen LogP contribution in [0.5, 0.6) is 0 Å². The number of nitrogens with one attached hydrogen (secondary N) is 1. The minimum Gasteiger partial charge on any atom is -0.308 e. The van der Waals surface area contributed by atoms with Crippen molar-refractivity contribution in [2.75, 3.05) is 0 Å². The van der Waals surface area contributed by atoms with Crippen LogP contribution in [0.3, 0.4) is 0 Å². The second-order valence-corrected chi connectivity index (χ2v) is 5.31. The van der Waals surface area contributed by atoms with Crippen LogP contribution >= 0.6 is 0 Å². The third kappa shape index (κ3) is 2.66. The minimum absolute atomic E-state index is 0.141. The van der Waals surface area contributed by atoms with Crippen LogP contribution in [0.4, 0.5) is 0 Å². The molecule has 0 saturated carbocycles. The number of nitrogens with zero attached hydrogens (tertiary/aromatic N) is 2. The molecule has 2 heterocycles. The third-order valence-corrected chi connectivity index (χ3v) is 3.66. The number of aromatic nitrogens is 1. The smallest absolute Gasteiger partial charge is 0.0950 e. The molecule has 0 spiro atoms. The Kier molecular flexibility index (Phi) is 3.79. The van der Waals surface area contributed by atoms with Gasteiger partial charge in [0.05, 0.1) is 17.4 Å². The summed E-state index contributed by atoms with van der Waals surface area (Å²) < 4.78 is 0. The predicted octanol–water partition coefficient (Wildman–Crippen LogP) is 3.99. The SMILES string of the molecule is C=C(C=N)C1C=CC(c2cccnc2-c2cccc(C)c2)=N1. The molecule has 0 saturated heterocycles. The molecule has 108 valence electrons. The van der Waals surface area contributed by atoms with Gasteiger partial charge in [-0.15, -0.1) is 0 Å². The Morgan fingerprint density at radius 1 is 1.27 bits per heavy atom.